The summed E-state index contributed by atoms with van der Waals surface area (Å²) in [5.74, 6) is 0. The third-order valence-corrected chi connectivity index (χ3v) is 11.1. The van der Waals surface area contributed by atoms with Crippen LogP contribution in [-0.4, -0.2) is 40.5 Å². The Kier molecular flexibility index (Phi) is 10.2. The molecule has 2 aliphatic rings. The van der Waals surface area contributed by atoms with Crippen LogP contribution in [0.3, 0.4) is 0 Å². The second-order valence-corrected chi connectivity index (χ2v) is 15.3. The summed E-state index contributed by atoms with van der Waals surface area (Å²) in [7, 11) is 0. The smallest absolute Gasteiger partial charge is 0.252 e. The molecule has 4 aromatic carbocycles. The monoisotopic (exact) mass is 862 g/mol. The van der Waals surface area contributed by atoms with Gasteiger partial charge in [-0.15, -0.1) is 0 Å². The number of fused-ring (bicyclic) bond motifs is 8. The summed E-state index contributed by atoms with van der Waals surface area (Å²) >= 11 is 23.8. The minimum Gasteiger partial charge on any atom is -0.355 e. The zero-order valence-electron chi connectivity index (χ0n) is 30.9. The maximum atomic E-state index is 12.4. The van der Waals surface area contributed by atoms with Crippen molar-refractivity contribution in [2.24, 2.45) is 0 Å². The highest BCUT2D eigenvalue weighted by atomic mass is 35.5. The van der Waals surface area contributed by atoms with E-state index >= 15 is 0 Å². The van der Waals surface area contributed by atoms with Gasteiger partial charge < -0.3 is 9.55 Å². The van der Waals surface area contributed by atoms with E-state index in [1.54, 1.807) is 60.7 Å². The first-order chi connectivity index (χ1) is 29.0. The Morgan fingerprint density at radius 3 is 1.32 bits per heavy atom. The second kappa shape index (κ2) is 15.8. The Bertz CT molecular complexity index is 3180. The molecule has 9 rings (SSSR count). The molecule has 3 aromatic heterocycles. The van der Waals surface area contributed by atoms with Crippen molar-refractivity contribution in [1.82, 2.24) is 19.5 Å². The second-order valence-electron chi connectivity index (χ2n) is 13.9. The number of nitrogens with zero attached hydrogens (tertiary/aromatic N) is 3. The summed E-state index contributed by atoms with van der Waals surface area (Å²) < 4.78 is 2.06. The minimum absolute atomic E-state index is 0.297. The normalized spacial score (nSPS) is 11.8. The van der Waals surface area contributed by atoms with Gasteiger partial charge in [0.15, 0.2) is 0 Å². The van der Waals surface area contributed by atoms with E-state index < -0.39 is 21.0 Å². The van der Waals surface area contributed by atoms with Crippen LogP contribution in [0.2, 0.25) is 0 Å². The van der Waals surface area contributed by atoms with E-state index in [2.05, 4.69) is 9.55 Å². The molecule has 0 amide bonds. The highest BCUT2D eigenvalue weighted by molar-refractivity contribution is 6.68. The lowest BCUT2D eigenvalue weighted by Crippen LogP contribution is -1.99. The van der Waals surface area contributed by atoms with Crippen molar-refractivity contribution in [2.75, 3.05) is 0 Å². The first-order valence-electron chi connectivity index (χ1n) is 18.4. The molecular weight excluding hydrogens is 838 g/mol. The topological polar surface area (TPSA) is 115 Å². The summed E-state index contributed by atoms with van der Waals surface area (Å²) in [6.45, 7) is 0. The zero-order chi connectivity index (χ0) is 41.7. The lowest BCUT2D eigenvalue weighted by molar-refractivity contribution is 0.107. The molecule has 60 heavy (non-hydrogen) atoms. The molecule has 1 N–H and O–H groups in total. The number of halogens is 4. The van der Waals surface area contributed by atoms with Gasteiger partial charge in [-0.25, -0.2) is 9.97 Å². The summed E-state index contributed by atoms with van der Waals surface area (Å²) in [5.41, 5.74) is 11.6. The summed E-state index contributed by atoms with van der Waals surface area (Å²) in [6.07, 6.45) is 7.69. The minimum atomic E-state index is -0.615. The van der Waals surface area contributed by atoms with Gasteiger partial charge >= 0.3 is 0 Å². The van der Waals surface area contributed by atoms with Crippen molar-refractivity contribution < 1.29 is 19.2 Å². The summed E-state index contributed by atoms with van der Waals surface area (Å²) in [4.78, 5) is 63.0. The SMILES string of the molecule is O=C(Cl)c1ccc(-c2c(-c3ccc(C(=O)Cl)cc3)c3c(-c4ccc(C(=O)Cl)cc4)c4nc(cc5ccc(cc6nc(cc2n3-c2ccc(C(=O)Cl)cc2)C=C6)[nH]5)C=C4)cc1. The molecule has 5 heterocycles. The Hall–Kier alpha value is -6.68. The van der Waals surface area contributed by atoms with Crippen LogP contribution in [0.25, 0.3) is 85.4 Å². The third-order valence-electron chi connectivity index (χ3n) is 10.2. The molecule has 2 aliphatic heterocycles. The van der Waals surface area contributed by atoms with E-state index in [1.807, 2.05) is 91.0 Å². The Morgan fingerprint density at radius 2 is 0.833 bits per heavy atom. The number of carbonyl (C=O) groups is 4. The Balaban J connectivity index is 1.58. The van der Waals surface area contributed by atoms with E-state index in [9.17, 15) is 19.2 Å². The fourth-order valence-electron chi connectivity index (χ4n) is 7.47. The molecule has 7 aromatic rings. The van der Waals surface area contributed by atoms with Crippen LogP contribution in [0, 0.1) is 0 Å². The standard InChI is InChI=1S/C48H26Cl4N4O4/c49-45(57)29-7-1-26(2-8-29)41-39-22-19-36(55-39)24-35-16-15-33(53-35)23-34-17-18-37(54-34)25-40-42(27-3-9-30(10-4-27)46(50)58)43(28-5-11-31(12-6-28)47(51)59)44(41)56(40)38-20-13-32(14-21-38)48(52)60/h1-25,53H. The maximum absolute atomic E-state index is 12.4. The molecule has 8 bridgehead atoms. The van der Waals surface area contributed by atoms with Crippen LogP contribution in [0.1, 0.15) is 64.2 Å². The lowest BCUT2D eigenvalue weighted by atomic mass is 9.92. The van der Waals surface area contributed by atoms with Gasteiger partial charge in [0.2, 0.25) is 0 Å². The van der Waals surface area contributed by atoms with E-state index in [0.29, 0.717) is 89.6 Å². The number of carbonyl (C=O) groups excluding carboxylic acids is 4. The number of hydrogen-bond acceptors (Lipinski definition) is 6. The number of H-pyrrole nitrogens is 1. The maximum Gasteiger partial charge on any atom is 0.252 e. The molecule has 0 atom stereocenters. The van der Waals surface area contributed by atoms with Crippen LogP contribution in [-0.2, 0) is 0 Å². The molecule has 0 unspecified atom stereocenters. The van der Waals surface area contributed by atoms with Gasteiger partial charge in [-0.1, -0.05) is 36.4 Å². The average Bonchev–Trinajstić information content (AvgIpc) is 4.06. The highest BCUT2D eigenvalue weighted by Crippen LogP contribution is 2.47. The molecule has 0 fully saturated rings. The van der Waals surface area contributed by atoms with Gasteiger partial charge in [-0.05, 0) is 178 Å². The van der Waals surface area contributed by atoms with E-state index in [0.717, 1.165) is 16.6 Å². The molecule has 0 aliphatic carbocycles. The number of hydrogen-bond donors (Lipinski definition) is 1. The summed E-state index contributed by atoms with van der Waals surface area (Å²) in [6, 6.07) is 37.6. The average molecular weight is 865 g/mol. The molecule has 290 valence electrons. The summed E-state index contributed by atoms with van der Waals surface area (Å²) in [5, 5.41) is -2.45. The van der Waals surface area contributed by atoms with Gasteiger partial charge in [-0.3, -0.25) is 19.2 Å². The van der Waals surface area contributed by atoms with Crippen molar-refractivity contribution in [3.8, 4) is 39.1 Å². The number of rotatable bonds is 8. The largest absolute Gasteiger partial charge is 0.355 e. The van der Waals surface area contributed by atoms with E-state index in [-0.39, 0.29) is 0 Å². The number of aromatic amines is 1. The fourth-order valence-corrected chi connectivity index (χ4v) is 7.97. The van der Waals surface area contributed by atoms with Crippen molar-refractivity contribution in [3.05, 3.63) is 172 Å². The quantitative estimate of drug-likeness (QED) is 0.152. The molecule has 0 spiro atoms. The molecule has 0 saturated carbocycles. The van der Waals surface area contributed by atoms with Gasteiger partial charge in [0.1, 0.15) is 0 Å². The van der Waals surface area contributed by atoms with Crippen molar-refractivity contribution in [2.45, 2.75) is 0 Å². The van der Waals surface area contributed by atoms with Gasteiger partial charge in [0.25, 0.3) is 21.0 Å². The van der Waals surface area contributed by atoms with E-state index in [1.165, 1.54) is 0 Å². The number of benzene rings is 4. The molecular formula is C48H26Cl4N4O4. The van der Waals surface area contributed by atoms with Crippen LogP contribution < -0.4 is 0 Å². The lowest BCUT2D eigenvalue weighted by Gasteiger charge is -2.14. The van der Waals surface area contributed by atoms with Crippen molar-refractivity contribution >= 4 is 114 Å². The van der Waals surface area contributed by atoms with Crippen LogP contribution in [0.4, 0.5) is 0 Å². The molecule has 0 radical (unpaired) electrons. The number of aromatic nitrogens is 4. The zero-order valence-corrected chi connectivity index (χ0v) is 33.9. The van der Waals surface area contributed by atoms with Crippen LogP contribution >= 0.6 is 46.4 Å². The molecule has 8 nitrogen and oxygen atoms in total. The predicted molar refractivity (Wildman–Crippen MR) is 241 cm³/mol. The van der Waals surface area contributed by atoms with Crippen molar-refractivity contribution in [1.29, 1.82) is 0 Å². The predicted octanol–water partition coefficient (Wildman–Crippen LogP) is 12.6. The Labute approximate surface area is 362 Å². The first kappa shape index (κ1) is 38.8. The van der Waals surface area contributed by atoms with Crippen molar-refractivity contribution in [3.63, 3.8) is 0 Å². The van der Waals surface area contributed by atoms with Crippen LogP contribution in [0.15, 0.2) is 127 Å². The Morgan fingerprint density at radius 1 is 0.433 bits per heavy atom. The van der Waals surface area contributed by atoms with Gasteiger partial charge in [0, 0.05) is 55.7 Å². The number of nitrogens with one attached hydrogen (secondary N) is 1. The molecule has 0 saturated heterocycles. The van der Waals surface area contributed by atoms with Crippen LogP contribution in [0.5, 0.6) is 0 Å². The molecule has 12 heteroatoms. The third kappa shape index (κ3) is 7.42. The highest BCUT2D eigenvalue weighted by Gasteiger charge is 2.26. The fraction of sp³-hybridized carbons (Fsp3) is 0. The van der Waals surface area contributed by atoms with E-state index in [4.69, 9.17) is 56.4 Å². The first-order valence-corrected chi connectivity index (χ1v) is 19.9. The van der Waals surface area contributed by atoms with Gasteiger partial charge in [0.05, 0.1) is 33.8 Å². The van der Waals surface area contributed by atoms with Gasteiger partial charge in [-0.2, -0.15) is 0 Å².